The molecule has 2 atom stereocenters. The summed E-state index contributed by atoms with van der Waals surface area (Å²) in [6.45, 7) is 0. The van der Waals surface area contributed by atoms with Crippen molar-refractivity contribution in [3.63, 3.8) is 0 Å². The van der Waals surface area contributed by atoms with Crippen molar-refractivity contribution in [3.8, 4) is 11.1 Å². The topological polar surface area (TPSA) is 67.0 Å². The second-order valence-electron chi connectivity index (χ2n) is 13.7. The molecule has 0 aliphatic carbocycles. The third-order valence-corrected chi connectivity index (χ3v) is 10.6. The minimum Gasteiger partial charge on any atom is -0.456 e. The number of amidine groups is 1. The summed E-state index contributed by atoms with van der Waals surface area (Å²) in [7, 11) is 2.12. The van der Waals surface area contributed by atoms with Gasteiger partial charge >= 0.3 is 0 Å². The van der Waals surface area contributed by atoms with Crippen LogP contribution in [-0.2, 0) is 0 Å². The van der Waals surface area contributed by atoms with E-state index in [-0.39, 0.29) is 12.3 Å². The fourth-order valence-electron chi connectivity index (χ4n) is 7.96. The first-order valence-electron chi connectivity index (χ1n) is 17.6. The van der Waals surface area contributed by atoms with E-state index in [1.807, 2.05) is 36.4 Å². The second-order valence-corrected chi connectivity index (χ2v) is 13.7. The molecule has 0 saturated heterocycles. The maximum atomic E-state index is 6.52. The molecule has 7 aromatic carbocycles. The molecule has 10 aromatic rings. The van der Waals surface area contributed by atoms with Gasteiger partial charge in [0, 0.05) is 37.9 Å². The third kappa shape index (κ3) is 4.51. The summed E-state index contributed by atoms with van der Waals surface area (Å²) in [5.41, 5.74) is 10.7. The molecule has 0 amide bonds. The lowest BCUT2D eigenvalue weighted by molar-refractivity contribution is 0.152. The molecule has 1 N–H and O–H groups in total. The van der Waals surface area contributed by atoms with Gasteiger partial charge in [0.05, 0.1) is 0 Å². The van der Waals surface area contributed by atoms with Gasteiger partial charge in [0.2, 0.25) is 0 Å². The molecule has 0 bridgehead atoms. The highest BCUT2D eigenvalue weighted by atomic mass is 16.3. The zero-order chi connectivity index (χ0) is 34.3. The van der Waals surface area contributed by atoms with Crippen LogP contribution in [0.4, 0.5) is 0 Å². The number of nitrogens with zero attached hydrogens (tertiary/aromatic N) is 2. The lowest BCUT2D eigenvalue weighted by atomic mass is 10.00. The van der Waals surface area contributed by atoms with Gasteiger partial charge in [0.15, 0.2) is 0 Å². The Balaban J connectivity index is 1.00. The van der Waals surface area contributed by atoms with Crippen molar-refractivity contribution in [2.75, 3.05) is 7.05 Å². The van der Waals surface area contributed by atoms with Crippen molar-refractivity contribution in [2.45, 2.75) is 12.3 Å². The molecule has 0 radical (unpaired) electrons. The smallest absolute Gasteiger partial charge is 0.136 e. The lowest BCUT2D eigenvalue weighted by Crippen LogP contribution is -2.45. The Hall–Kier alpha value is -6.63. The van der Waals surface area contributed by atoms with E-state index in [2.05, 4.69) is 133 Å². The summed E-state index contributed by atoms with van der Waals surface area (Å²) in [5.74, 6) is 0.816. The Morgan fingerprint density at radius 3 is 1.67 bits per heavy atom. The molecular weight excluding hydrogens is 643 g/mol. The molecule has 52 heavy (non-hydrogen) atoms. The summed E-state index contributed by atoms with van der Waals surface area (Å²) < 4.78 is 18.9. The molecule has 1 aliphatic rings. The van der Waals surface area contributed by atoms with Crippen LogP contribution in [-0.4, -0.2) is 17.8 Å². The monoisotopic (exact) mass is 673 g/mol. The number of hydrogen-bond acceptors (Lipinski definition) is 6. The number of fused-ring (bicyclic) bond motifs is 9. The first-order valence-corrected chi connectivity index (χ1v) is 17.6. The Kier molecular flexibility index (Phi) is 6.27. The van der Waals surface area contributed by atoms with Crippen molar-refractivity contribution < 1.29 is 13.3 Å². The van der Waals surface area contributed by atoms with E-state index in [1.165, 1.54) is 0 Å². The van der Waals surface area contributed by atoms with Crippen LogP contribution in [0.2, 0.25) is 0 Å². The largest absolute Gasteiger partial charge is 0.456 e. The van der Waals surface area contributed by atoms with Crippen LogP contribution in [0.25, 0.3) is 76.9 Å². The number of rotatable bonds is 4. The van der Waals surface area contributed by atoms with Crippen LogP contribution in [0.1, 0.15) is 29.0 Å². The first-order chi connectivity index (χ1) is 25.6. The molecule has 0 spiro atoms. The minimum atomic E-state index is -0.266. The highest BCUT2D eigenvalue weighted by molar-refractivity contribution is 6.10. The summed E-state index contributed by atoms with van der Waals surface area (Å²) in [5, 5.41) is 10.3. The number of benzene rings is 7. The van der Waals surface area contributed by atoms with Crippen LogP contribution >= 0.6 is 0 Å². The van der Waals surface area contributed by atoms with Crippen LogP contribution in [0.5, 0.6) is 0 Å². The van der Waals surface area contributed by atoms with E-state index >= 15 is 0 Å². The fourth-order valence-corrected chi connectivity index (χ4v) is 7.96. The molecule has 6 nitrogen and oxygen atoms in total. The van der Waals surface area contributed by atoms with Crippen molar-refractivity contribution >= 4 is 71.7 Å². The van der Waals surface area contributed by atoms with Gasteiger partial charge in [-0.15, -0.1) is 0 Å². The number of para-hydroxylation sites is 2. The molecule has 6 heteroatoms. The van der Waals surface area contributed by atoms with Gasteiger partial charge in [0.1, 0.15) is 51.7 Å². The predicted octanol–water partition coefficient (Wildman–Crippen LogP) is 11.7. The van der Waals surface area contributed by atoms with E-state index in [4.69, 9.17) is 18.2 Å². The summed E-state index contributed by atoms with van der Waals surface area (Å²) in [6.07, 6.45) is -0.374. The summed E-state index contributed by atoms with van der Waals surface area (Å²) >= 11 is 0. The third-order valence-electron chi connectivity index (χ3n) is 10.6. The van der Waals surface area contributed by atoms with E-state index < -0.39 is 0 Å². The molecular formula is C46H31N3O3. The number of hydrogen-bond donors (Lipinski definition) is 1. The van der Waals surface area contributed by atoms with Gasteiger partial charge in [-0.3, -0.25) is 4.90 Å². The predicted molar refractivity (Wildman–Crippen MR) is 210 cm³/mol. The first kappa shape index (κ1) is 29.1. The lowest BCUT2D eigenvalue weighted by Gasteiger charge is -2.39. The molecule has 11 rings (SSSR count). The fraction of sp³-hybridized carbons (Fsp3) is 0.0652. The molecule has 2 unspecified atom stereocenters. The zero-order valence-corrected chi connectivity index (χ0v) is 28.2. The van der Waals surface area contributed by atoms with Crippen LogP contribution in [0, 0.1) is 0 Å². The highest BCUT2D eigenvalue weighted by Crippen LogP contribution is 2.39. The van der Waals surface area contributed by atoms with Crippen LogP contribution < -0.4 is 5.32 Å². The quantitative estimate of drug-likeness (QED) is 0.201. The van der Waals surface area contributed by atoms with Gasteiger partial charge in [-0.1, -0.05) is 97.1 Å². The average Bonchev–Trinajstić information content (AvgIpc) is 3.88. The molecule has 248 valence electrons. The van der Waals surface area contributed by atoms with Crippen molar-refractivity contribution in [3.05, 3.63) is 168 Å². The minimum absolute atomic E-state index is 0.108. The van der Waals surface area contributed by atoms with Crippen LogP contribution in [0.3, 0.4) is 0 Å². The average molecular weight is 674 g/mol. The SMILES string of the molecule is CN1C(c2ccc3c(c2)oc2ccc(-c4ccc5oc6ccccc6c5c4)cc23)N=C(c2ccc3c(c2)oc2ccccc23)NC1c1ccccc1. The second kappa shape index (κ2) is 11.2. The summed E-state index contributed by atoms with van der Waals surface area (Å²) in [4.78, 5) is 7.61. The molecule has 0 fully saturated rings. The number of furan rings is 3. The Morgan fingerprint density at radius 2 is 0.962 bits per heavy atom. The molecule has 1 aliphatic heterocycles. The maximum Gasteiger partial charge on any atom is 0.136 e. The highest BCUT2D eigenvalue weighted by Gasteiger charge is 2.32. The molecule has 0 saturated carbocycles. The standard InChI is InChI=1S/C46H31N3O3/c1-49-45(27-9-3-2-4-10-27)47-44(30-15-19-34-32-11-5-7-13-38(32)51-42(34)25-30)48-46(49)31-16-20-35-37-24-29(18-22-41(37)52-43(35)26-31)28-17-21-40-36(23-28)33-12-6-8-14-39(33)50-40/h2-26,45-46H,1H3,(H,47,48). The molecule has 4 heterocycles. The maximum absolute atomic E-state index is 6.52. The Bertz CT molecular complexity index is 3040. The van der Waals surface area contributed by atoms with E-state index in [0.717, 1.165) is 99.5 Å². The van der Waals surface area contributed by atoms with Gasteiger partial charge < -0.3 is 18.6 Å². The van der Waals surface area contributed by atoms with Crippen molar-refractivity contribution in [1.29, 1.82) is 0 Å². The van der Waals surface area contributed by atoms with E-state index in [0.29, 0.717) is 0 Å². The molecule has 3 aromatic heterocycles. The van der Waals surface area contributed by atoms with E-state index in [1.54, 1.807) is 0 Å². The zero-order valence-electron chi connectivity index (χ0n) is 28.2. The van der Waals surface area contributed by atoms with Crippen LogP contribution in [0.15, 0.2) is 170 Å². The normalized spacial score (nSPS) is 16.8. The number of aliphatic imine (C=N–C) groups is 1. The Labute approximate surface area is 298 Å². The van der Waals surface area contributed by atoms with Gasteiger partial charge in [-0.2, -0.15) is 0 Å². The van der Waals surface area contributed by atoms with Gasteiger partial charge in [-0.05, 0) is 83.9 Å². The van der Waals surface area contributed by atoms with Crippen molar-refractivity contribution in [2.24, 2.45) is 4.99 Å². The Morgan fingerprint density at radius 1 is 0.442 bits per heavy atom. The number of nitrogens with one attached hydrogen (secondary N) is 1. The summed E-state index contributed by atoms with van der Waals surface area (Å²) in [6, 6.07) is 52.6. The van der Waals surface area contributed by atoms with Gasteiger partial charge in [-0.25, -0.2) is 4.99 Å². The van der Waals surface area contributed by atoms with Gasteiger partial charge in [0.25, 0.3) is 0 Å². The van der Waals surface area contributed by atoms with Crippen molar-refractivity contribution in [1.82, 2.24) is 10.2 Å². The van der Waals surface area contributed by atoms with E-state index in [9.17, 15) is 0 Å².